The lowest BCUT2D eigenvalue weighted by atomic mass is 10.1. The summed E-state index contributed by atoms with van der Waals surface area (Å²) in [5.74, 6) is 1.58. The van der Waals surface area contributed by atoms with Gasteiger partial charge in [0.1, 0.15) is 6.33 Å². The molecule has 3 aromatic rings. The number of guanidine groups is 1. The Balaban J connectivity index is 0.00000363. The van der Waals surface area contributed by atoms with Gasteiger partial charge in [0.25, 0.3) is 0 Å². The summed E-state index contributed by atoms with van der Waals surface area (Å²) in [5, 5.41) is 13.8. The monoisotopic (exact) mass is 547 g/mol. The van der Waals surface area contributed by atoms with E-state index in [1.165, 1.54) is 11.9 Å². The number of likely N-dealkylation sites (N-methyl/N-ethyl adjacent to an activating group) is 1. The van der Waals surface area contributed by atoms with Crippen molar-refractivity contribution in [3.05, 3.63) is 72.1 Å². The molecule has 172 valence electrons. The van der Waals surface area contributed by atoms with Crippen LogP contribution in [-0.4, -0.2) is 52.2 Å². The highest BCUT2D eigenvalue weighted by Crippen LogP contribution is 2.19. The summed E-state index contributed by atoms with van der Waals surface area (Å²) >= 11 is 0. The van der Waals surface area contributed by atoms with Gasteiger partial charge in [0, 0.05) is 18.7 Å². The zero-order chi connectivity index (χ0) is 21.9. The molecule has 0 aliphatic rings. The van der Waals surface area contributed by atoms with Gasteiger partial charge in [-0.25, -0.2) is 9.98 Å². The second kappa shape index (κ2) is 13.8. The van der Waals surface area contributed by atoms with Gasteiger partial charge in [-0.3, -0.25) is 10.00 Å². The van der Waals surface area contributed by atoms with E-state index in [0.717, 1.165) is 49.1 Å². The lowest BCUT2D eigenvalue weighted by molar-refractivity contribution is 0.219. The molecular formula is C24H34IN7. The molecule has 3 N–H and O–H groups in total. The van der Waals surface area contributed by atoms with Gasteiger partial charge in [0.2, 0.25) is 0 Å². The van der Waals surface area contributed by atoms with Crippen LogP contribution in [-0.2, 0) is 6.54 Å². The summed E-state index contributed by atoms with van der Waals surface area (Å²) in [6.45, 7) is 10.7. The van der Waals surface area contributed by atoms with Crippen LogP contribution in [0.4, 0.5) is 0 Å². The number of aliphatic imine (C=N–C) groups is 1. The molecule has 1 unspecified atom stereocenters. The van der Waals surface area contributed by atoms with E-state index >= 15 is 0 Å². The predicted octanol–water partition coefficient (Wildman–Crippen LogP) is 4.23. The highest BCUT2D eigenvalue weighted by atomic mass is 127. The van der Waals surface area contributed by atoms with Crippen LogP contribution in [0.15, 0.2) is 65.9 Å². The Morgan fingerprint density at radius 1 is 1.03 bits per heavy atom. The second-order valence-corrected chi connectivity index (χ2v) is 7.26. The first kappa shape index (κ1) is 25.8. The summed E-state index contributed by atoms with van der Waals surface area (Å²) in [7, 11) is 0. The van der Waals surface area contributed by atoms with Crippen LogP contribution in [0, 0.1) is 0 Å². The molecule has 0 bridgehead atoms. The van der Waals surface area contributed by atoms with Gasteiger partial charge in [-0.05, 0) is 37.2 Å². The Kier molecular flexibility index (Phi) is 11.2. The van der Waals surface area contributed by atoms with Crippen molar-refractivity contribution in [2.75, 3.05) is 26.2 Å². The van der Waals surface area contributed by atoms with Crippen LogP contribution >= 0.6 is 24.0 Å². The lowest BCUT2D eigenvalue weighted by Gasteiger charge is -2.30. The molecular weight excluding hydrogens is 513 g/mol. The Hall–Kier alpha value is -2.46. The topological polar surface area (TPSA) is 81.2 Å². The normalized spacial score (nSPS) is 12.3. The van der Waals surface area contributed by atoms with Crippen LogP contribution in [0.2, 0.25) is 0 Å². The van der Waals surface area contributed by atoms with Crippen LogP contribution in [0.3, 0.4) is 0 Å². The van der Waals surface area contributed by atoms with Gasteiger partial charge in [0.15, 0.2) is 11.8 Å². The Morgan fingerprint density at radius 3 is 2.47 bits per heavy atom. The molecule has 1 aromatic heterocycles. The minimum absolute atomic E-state index is 0. The molecule has 0 saturated carbocycles. The van der Waals surface area contributed by atoms with Crippen LogP contribution in [0.25, 0.3) is 11.4 Å². The highest BCUT2D eigenvalue weighted by Gasteiger charge is 2.18. The Bertz CT molecular complexity index is 925. The number of hydrogen-bond donors (Lipinski definition) is 3. The van der Waals surface area contributed by atoms with Crippen molar-refractivity contribution in [3.63, 3.8) is 0 Å². The third-order valence-electron chi connectivity index (χ3n) is 5.28. The maximum Gasteiger partial charge on any atom is 0.191 e. The third-order valence-corrected chi connectivity index (χ3v) is 5.28. The average molecular weight is 547 g/mol. The SMILES string of the molecule is CCNC(=NCc1cccc(-c2ncn[nH]2)c1)NCC(c1ccccc1)N(CC)CC.I. The molecule has 0 fully saturated rings. The number of aromatic amines is 1. The molecule has 1 heterocycles. The number of halogens is 1. The lowest BCUT2D eigenvalue weighted by Crippen LogP contribution is -2.43. The van der Waals surface area contributed by atoms with Gasteiger partial charge >= 0.3 is 0 Å². The minimum atomic E-state index is 0. The molecule has 0 saturated heterocycles. The highest BCUT2D eigenvalue weighted by molar-refractivity contribution is 14.0. The first-order valence-electron chi connectivity index (χ1n) is 11.0. The van der Waals surface area contributed by atoms with E-state index < -0.39 is 0 Å². The minimum Gasteiger partial charge on any atom is -0.357 e. The number of H-pyrrole nitrogens is 1. The predicted molar refractivity (Wildman–Crippen MR) is 142 cm³/mol. The quantitative estimate of drug-likeness (QED) is 0.201. The van der Waals surface area contributed by atoms with Gasteiger partial charge in [0.05, 0.1) is 12.6 Å². The zero-order valence-corrected chi connectivity index (χ0v) is 21.4. The van der Waals surface area contributed by atoms with Crippen molar-refractivity contribution < 1.29 is 0 Å². The van der Waals surface area contributed by atoms with Crippen LogP contribution < -0.4 is 10.6 Å². The van der Waals surface area contributed by atoms with E-state index in [4.69, 9.17) is 4.99 Å². The van der Waals surface area contributed by atoms with E-state index in [0.29, 0.717) is 6.54 Å². The molecule has 0 spiro atoms. The number of nitrogens with one attached hydrogen (secondary N) is 3. The van der Waals surface area contributed by atoms with Crippen molar-refractivity contribution >= 4 is 29.9 Å². The molecule has 3 rings (SSSR count). The van der Waals surface area contributed by atoms with Crippen LogP contribution in [0.5, 0.6) is 0 Å². The van der Waals surface area contributed by atoms with Crippen molar-refractivity contribution in [1.29, 1.82) is 0 Å². The zero-order valence-electron chi connectivity index (χ0n) is 19.1. The smallest absolute Gasteiger partial charge is 0.191 e. The molecule has 7 nitrogen and oxygen atoms in total. The fourth-order valence-corrected chi connectivity index (χ4v) is 3.66. The maximum atomic E-state index is 4.81. The van der Waals surface area contributed by atoms with Gasteiger partial charge in [-0.1, -0.05) is 62.4 Å². The first-order valence-corrected chi connectivity index (χ1v) is 11.0. The number of nitrogens with zero attached hydrogens (tertiary/aromatic N) is 4. The van der Waals surface area contributed by atoms with E-state index in [-0.39, 0.29) is 30.0 Å². The van der Waals surface area contributed by atoms with Crippen molar-refractivity contribution in [2.24, 2.45) is 4.99 Å². The van der Waals surface area contributed by atoms with Crippen LogP contribution in [0.1, 0.15) is 37.9 Å². The first-order chi connectivity index (χ1) is 15.2. The summed E-state index contributed by atoms with van der Waals surface area (Å²) in [6, 6.07) is 19.2. The van der Waals surface area contributed by atoms with E-state index in [2.05, 4.69) is 94.0 Å². The Morgan fingerprint density at radius 2 is 1.81 bits per heavy atom. The molecule has 8 heteroatoms. The molecule has 0 aliphatic carbocycles. The number of rotatable bonds is 10. The Labute approximate surface area is 208 Å². The largest absolute Gasteiger partial charge is 0.357 e. The molecule has 1 atom stereocenters. The third kappa shape index (κ3) is 7.30. The fourth-order valence-electron chi connectivity index (χ4n) is 3.66. The van der Waals surface area contributed by atoms with Gasteiger partial charge < -0.3 is 10.6 Å². The summed E-state index contributed by atoms with van der Waals surface area (Å²) in [5.41, 5.74) is 3.44. The van der Waals surface area contributed by atoms with Crippen molar-refractivity contribution in [2.45, 2.75) is 33.4 Å². The summed E-state index contributed by atoms with van der Waals surface area (Å²) in [6.07, 6.45) is 1.52. The summed E-state index contributed by atoms with van der Waals surface area (Å²) in [4.78, 5) is 11.5. The fraction of sp³-hybridized carbons (Fsp3) is 0.375. The molecule has 0 radical (unpaired) electrons. The standard InChI is InChI=1S/C24H33N7.HI/c1-4-25-24(26-16-19-11-10-14-21(15-19)23-28-18-29-30-23)27-17-22(31(5-2)6-3)20-12-8-7-9-13-20;/h7-15,18,22H,4-6,16-17H2,1-3H3,(H2,25,26,27)(H,28,29,30);1H. The molecule has 0 aliphatic heterocycles. The average Bonchev–Trinajstić information content (AvgIpc) is 3.36. The number of aromatic nitrogens is 3. The van der Waals surface area contributed by atoms with E-state index in [1.54, 1.807) is 0 Å². The number of hydrogen-bond acceptors (Lipinski definition) is 4. The van der Waals surface area contributed by atoms with Gasteiger partial charge in [-0.2, -0.15) is 5.10 Å². The molecule has 2 aromatic carbocycles. The second-order valence-electron chi connectivity index (χ2n) is 7.26. The maximum absolute atomic E-state index is 4.81. The number of benzene rings is 2. The summed E-state index contributed by atoms with van der Waals surface area (Å²) < 4.78 is 0. The van der Waals surface area contributed by atoms with Gasteiger partial charge in [-0.15, -0.1) is 24.0 Å². The van der Waals surface area contributed by atoms with Crippen molar-refractivity contribution in [3.8, 4) is 11.4 Å². The molecule has 0 amide bonds. The van der Waals surface area contributed by atoms with Crippen molar-refractivity contribution in [1.82, 2.24) is 30.7 Å². The van der Waals surface area contributed by atoms with E-state index in [1.807, 2.05) is 12.1 Å². The molecule has 32 heavy (non-hydrogen) atoms. The van der Waals surface area contributed by atoms with E-state index in [9.17, 15) is 0 Å².